The molecule has 1 N–H and O–H groups in total. The highest BCUT2D eigenvalue weighted by molar-refractivity contribution is 5.37. The average Bonchev–Trinajstić information content (AvgIpc) is 2.43. The van der Waals surface area contributed by atoms with Crippen LogP contribution in [0.25, 0.3) is 0 Å². The molecule has 20 heavy (non-hydrogen) atoms. The number of methoxy groups -OCH3 is 1. The molecule has 0 saturated heterocycles. The van der Waals surface area contributed by atoms with Crippen LogP contribution in [-0.2, 0) is 6.42 Å². The van der Waals surface area contributed by atoms with E-state index in [0.29, 0.717) is 0 Å². The summed E-state index contributed by atoms with van der Waals surface area (Å²) >= 11 is 0. The summed E-state index contributed by atoms with van der Waals surface area (Å²) in [7, 11) is 1.34. The fraction of sp³-hybridized carbons (Fsp3) is 0.200. The van der Waals surface area contributed by atoms with E-state index >= 15 is 0 Å². The lowest BCUT2D eigenvalue weighted by Gasteiger charge is -2.16. The Balaban J connectivity index is 2.33. The lowest BCUT2D eigenvalue weighted by atomic mass is 9.99. The van der Waals surface area contributed by atoms with E-state index in [2.05, 4.69) is 0 Å². The predicted molar refractivity (Wildman–Crippen MR) is 68.0 cm³/mol. The van der Waals surface area contributed by atoms with Crippen LogP contribution < -0.4 is 4.74 Å². The summed E-state index contributed by atoms with van der Waals surface area (Å²) < 4.78 is 45.4. The van der Waals surface area contributed by atoms with Gasteiger partial charge in [0.1, 0.15) is 11.6 Å². The van der Waals surface area contributed by atoms with Crippen LogP contribution in [0.4, 0.5) is 13.2 Å². The Bertz CT molecular complexity index is 614. The molecule has 0 saturated carbocycles. The number of hydrogen-bond donors (Lipinski definition) is 1. The molecular formula is C15H13F3O2. The van der Waals surface area contributed by atoms with E-state index < -0.39 is 23.6 Å². The van der Waals surface area contributed by atoms with Gasteiger partial charge in [-0.3, -0.25) is 0 Å². The van der Waals surface area contributed by atoms with Crippen LogP contribution in [0.5, 0.6) is 5.75 Å². The molecule has 2 rings (SSSR count). The molecule has 2 aromatic rings. The third-order valence-corrected chi connectivity index (χ3v) is 3.01. The Labute approximate surface area is 114 Å². The molecule has 0 radical (unpaired) electrons. The van der Waals surface area contributed by atoms with E-state index in [1.54, 1.807) is 0 Å². The van der Waals surface area contributed by atoms with Crippen LogP contribution >= 0.6 is 0 Å². The van der Waals surface area contributed by atoms with Gasteiger partial charge in [0.15, 0.2) is 11.6 Å². The molecule has 0 bridgehead atoms. The minimum absolute atomic E-state index is 0.0252. The lowest BCUT2D eigenvalue weighted by molar-refractivity contribution is 0.167. The standard InChI is InChI=1S/C15H13F3O2/c1-20-13-7-3-5-10(16)14(13)12(19)8-9-4-2-6-11(17)15(9)18/h2-7,12,19H,8H2,1H3. The molecule has 0 heterocycles. The number of aliphatic hydroxyl groups excluding tert-OH is 1. The molecular weight excluding hydrogens is 269 g/mol. The first kappa shape index (κ1) is 14.4. The van der Waals surface area contributed by atoms with Crippen LogP contribution in [0.15, 0.2) is 36.4 Å². The number of ether oxygens (including phenoxy) is 1. The van der Waals surface area contributed by atoms with Crippen LogP contribution in [0.2, 0.25) is 0 Å². The maximum atomic E-state index is 13.8. The minimum atomic E-state index is -1.33. The molecule has 2 aromatic carbocycles. The molecule has 1 atom stereocenters. The Kier molecular flexibility index (Phi) is 4.29. The third kappa shape index (κ3) is 2.77. The van der Waals surface area contributed by atoms with Gasteiger partial charge in [-0.2, -0.15) is 0 Å². The van der Waals surface area contributed by atoms with Gasteiger partial charge in [0.05, 0.1) is 18.8 Å². The second-order valence-electron chi connectivity index (χ2n) is 4.29. The second-order valence-corrected chi connectivity index (χ2v) is 4.29. The number of aliphatic hydroxyl groups is 1. The first-order valence-electron chi connectivity index (χ1n) is 5.98. The first-order chi connectivity index (χ1) is 9.54. The molecule has 0 spiro atoms. The zero-order chi connectivity index (χ0) is 14.7. The molecule has 1 unspecified atom stereocenters. The van der Waals surface area contributed by atoms with Crippen LogP contribution in [0, 0.1) is 17.5 Å². The number of rotatable bonds is 4. The Morgan fingerprint density at radius 3 is 2.40 bits per heavy atom. The summed E-state index contributed by atoms with van der Waals surface area (Å²) in [6.45, 7) is 0. The van der Waals surface area contributed by atoms with Crippen molar-refractivity contribution in [2.75, 3.05) is 7.11 Å². The van der Waals surface area contributed by atoms with Crippen LogP contribution in [0.3, 0.4) is 0 Å². The summed E-state index contributed by atoms with van der Waals surface area (Å²) in [6, 6.07) is 7.75. The van der Waals surface area contributed by atoms with E-state index in [0.717, 1.165) is 6.07 Å². The Morgan fingerprint density at radius 2 is 1.70 bits per heavy atom. The number of halogens is 3. The van der Waals surface area contributed by atoms with Crippen molar-refractivity contribution in [3.8, 4) is 5.75 Å². The third-order valence-electron chi connectivity index (χ3n) is 3.01. The quantitative estimate of drug-likeness (QED) is 0.931. The maximum absolute atomic E-state index is 13.8. The summed E-state index contributed by atoms with van der Waals surface area (Å²) in [5, 5.41) is 10.1. The minimum Gasteiger partial charge on any atom is -0.496 e. The second kappa shape index (κ2) is 5.96. The van der Waals surface area contributed by atoms with Crippen molar-refractivity contribution < 1.29 is 23.0 Å². The SMILES string of the molecule is COc1cccc(F)c1C(O)Cc1cccc(F)c1F. The van der Waals surface area contributed by atoms with Gasteiger partial charge in [-0.25, -0.2) is 13.2 Å². The fourth-order valence-corrected chi connectivity index (χ4v) is 2.04. The fourth-order valence-electron chi connectivity index (χ4n) is 2.04. The topological polar surface area (TPSA) is 29.5 Å². The monoisotopic (exact) mass is 282 g/mol. The molecule has 0 aliphatic carbocycles. The molecule has 0 fully saturated rings. The van der Waals surface area contributed by atoms with Crippen molar-refractivity contribution in [2.24, 2.45) is 0 Å². The molecule has 0 aliphatic rings. The highest BCUT2D eigenvalue weighted by Crippen LogP contribution is 2.30. The van der Waals surface area contributed by atoms with Gasteiger partial charge in [0.2, 0.25) is 0 Å². The zero-order valence-electron chi connectivity index (χ0n) is 10.7. The largest absolute Gasteiger partial charge is 0.496 e. The maximum Gasteiger partial charge on any atom is 0.162 e. The number of benzene rings is 2. The van der Waals surface area contributed by atoms with Crippen molar-refractivity contribution in [1.29, 1.82) is 0 Å². The van der Waals surface area contributed by atoms with Gasteiger partial charge in [0.25, 0.3) is 0 Å². The van der Waals surface area contributed by atoms with E-state index in [-0.39, 0.29) is 23.3 Å². The highest BCUT2D eigenvalue weighted by Gasteiger charge is 2.20. The van der Waals surface area contributed by atoms with Gasteiger partial charge in [0, 0.05) is 6.42 Å². The summed E-state index contributed by atoms with van der Waals surface area (Å²) in [5.74, 6) is -2.54. The van der Waals surface area contributed by atoms with E-state index in [9.17, 15) is 18.3 Å². The molecule has 5 heteroatoms. The summed E-state index contributed by atoms with van der Waals surface area (Å²) in [6.07, 6.45) is -1.58. The van der Waals surface area contributed by atoms with Gasteiger partial charge in [-0.15, -0.1) is 0 Å². The normalized spacial score (nSPS) is 12.2. The van der Waals surface area contributed by atoms with Gasteiger partial charge in [-0.05, 0) is 23.8 Å². The Morgan fingerprint density at radius 1 is 1.05 bits per heavy atom. The van der Waals surface area contributed by atoms with Gasteiger partial charge < -0.3 is 9.84 Å². The van der Waals surface area contributed by atoms with Crippen molar-refractivity contribution in [3.05, 3.63) is 65.0 Å². The molecule has 0 amide bonds. The predicted octanol–water partition coefficient (Wildman–Crippen LogP) is 3.39. The van der Waals surface area contributed by atoms with Crippen LogP contribution in [-0.4, -0.2) is 12.2 Å². The summed E-state index contributed by atoms with van der Waals surface area (Å²) in [4.78, 5) is 0. The van der Waals surface area contributed by atoms with Gasteiger partial charge >= 0.3 is 0 Å². The highest BCUT2D eigenvalue weighted by atomic mass is 19.2. The molecule has 2 nitrogen and oxygen atoms in total. The van der Waals surface area contributed by atoms with E-state index in [1.807, 2.05) is 0 Å². The lowest BCUT2D eigenvalue weighted by Crippen LogP contribution is -2.08. The van der Waals surface area contributed by atoms with E-state index in [1.165, 1.54) is 37.4 Å². The van der Waals surface area contributed by atoms with Gasteiger partial charge in [-0.1, -0.05) is 18.2 Å². The number of hydrogen-bond acceptors (Lipinski definition) is 2. The van der Waals surface area contributed by atoms with E-state index in [4.69, 9.17) is 4.74 Å². The average molecular weight is 282 g/mol. The zero-order valence-corrected chi connectivity index (χ0v) is 10.7. The van der Waals surface area contributed by atoms with Crippen molar-refractivity contribution in [3.63, 3.8) is 0 Å². The van der Waals surface area contributed by atoms with Crippen LogP contribution in [0.1, 0.15) is 17.2 Å². The summed E-state index contributed by atoms with van der Waals surface area (Å²) in [5.41, 5.74) is -0.0959. The molecule has 106 valence electrons. The smallest absolute Gasteiger partial charge is 0.162 e. The van der Waals surface area contributed by atoms with Crippen molar-refractivity contribution >= 4 is 0 Å². The Hall–Kier alpha value is -2.01. The molecule has 0 aliphatic heterocycles. The first-order valence-corrected chi connectivity index (χ1v) is 5.98. The van der Waals surface area contributed by atoms with Crippen molar-refractivity contribution in [1.82, 2.24) is 0 Å². The molecule has 0 aromatic heterocycles. The van der Waals surface area contributed by atoms with Crippen molar-refractivity contribution in [2.45, 2.75) is 12.5 Å².